The molecule has 0 saturated carbocycles. The van der Waals surface area contributed by atoms with E-state index in [0.717, 1.165) is 64.2 Å². The number of unbranched alkanes of at least 4 members (excludes halogenated alkanes) is 19. The average Bonchev–Trinajstić information content (AvgIpc) is 3.14. The second kappa shape index (κ2) is 33.7. The van der Waals surface area contributed by atoms with Gasteiger partial charge in [-0.15, -0.1) is 0 Å². The zero-order chi connectivity index (χ0) is 38.1. The molecule has 0 aromatic heterocycles. The summed E-state index contributed by atoms with van der Waals surface area (Å²) in [5.41, 5.74) is 0. The van der Waals surface area contributed by atoms with Gasteiger partial charge in [0.05, 0.1) is 13.2 Å². The molecule has 1 saturated heterocycles. The number of hydrogen-bond acceptors (Lipinski definition) is 10. The molecular formula is C42H76O10. The van der Waals surface area contributed by atoms with Crippen LogP contribution < -0.4 is 0 Å². The van der Waals surface area contributed by atoms with E-state index in [1.165, 1.54) is 77.0 Å². The summed E-state index contributed by atoms with van der Waals surface area (Å²) in [6.07, 6.45) is 27.5. The third-order valence-corrected chi connectivity index (χ3v) is 9.57. The van der Waals surface area contributed by atoms with Crippen LogP contribution in [-0.4, -0.2) is 89.0 Å². The fourth-order valence-corrected chi connectivity index (χ4v) is 6.23. The van der Waals surface area contributed by atoms with Crippen LogP contribution in [0.25, 0.3) is 0 Å². The summed E-state index contributed by atoms with van der Waals surface area (Å²) in [4.78, 5) is 25.2. The van der Waals surface area contributed by atoms with Crippen LogP contribution >= 0.6 is 0 Å². The van der Waals surface area contributed by atoms with Crippen LogP contribution in [-0.2, 0) is 28.5 Å². The molecule has 0 radical (unpaired) electrons. The number of esters is 2. The summed E-state index contributed by atoms with van der Waals surface area (Å²) in [7, 11) is 0. The molecule has 1 fully saturated rings. The minimum Gasteiger partial charge on any atom is -0.462 e. The summed E-state index contributed by atoms with van der Waals surface area (Å²) in [5.74, 6) is -0.819. The fraction of sp³-hybridized carbons (Fsp3) is 0.857. The number of ether oxygens (including phenoxy) is 4. The van der Waals surface area contributed by atoms with Gasteiger partial charge < -0.3 is 39.4 Å². The summed E-state index contributed by atoms with van der Waals surface area (Å²) in [6, 6.07) is 0. The van der Waals surface area contributed by atoms with Crippen molar-refractivity contribution in [1.29, 1.82) is 0 Å². The third-order valence-electron chi connectivity index (χ3n) is 9.57. The van der Waals surface area contributed by atoms with E-state index < -0.39 is 49.4 Å². The Bertz CT molecular complexity index is 907. The lowest BCUT2D eigenvalue weighted by atomic mass is 9.99. The Hall–Kier alpha value is -1.82. The van der Waals surface area contributed by atoms with Crippen molar-refractivity contribution in [3.05, 3.63) is 24.3 Å². The first-order valence-corrected chi connectivity index (χ1v) is 20.9. The van der Waals surface area contributed by atoms with Gasteiger partial charge in [-0.3, -0.25) is 9.59 Å². The molecule has 6 atom stereocenters. The first-order valence-electron chi connectivity index (χ1n) is 20.9. The molecule has 10 heteroatoms. The van der Waals surface area contributed by atoms with Crippen LogP contribution in [0.1, 0.15) is 174 Å². The molecule has 0 amide bonds. The van der Waals surface area contributed by atoms with E-state index in [9.17, 15) is 30.0 Å². The molecule has 10 nitrogen and oxygen atoms in total. The quantitative estimate of drug-likeness (QED) is 0.0289. The number of carbonyl (C=O) groups excluding carboxylic acids is 2. The van der Waals surface area contributed by atoms with Gasteiger partial charge in [0.1, 0.15) is 31.0 Å². The maximum Gasteiger partial charge on any atom is 0.306 e. The highest BCUT2D eigenvalue weighted by molar-refractivity contribution is 5.70. The minimum absolute atomic E-state index is 0.216. The lowest BCUT2D eigenvalue weighted by Crippen LogP contribution is -2.59. The number of aliphatic hydroxyl groups excluding tert-OH is 4. The fourth-order valence-electron chi connectivity index (χ4n) is 6.23. The van der Waals surface area contributed by atoms with Crippen molar-refractivity contribution >= 4 is 11.9 Å². The second-order valence-electron chi connectivity index (χ2n) is 14.4. The summed E-state index contributed by atoms with van der Waals surface area (Å²) in [6.45, 7) is 3.34. The summed E-state index contributed by atoms with van der Waals surface area (Å²) in [5, 5.41) is 40.0. The highest BCUT2D eigenvalue weighted by Crippen LogP contribution is 2.22. The molecule has 52 heavy (non-hydrogen) atoms. The van der Waals surface area contributed by atoms with Gasteiger partial charge in [0.25, 0.3) is 0 Å². The molecule has 0 aliphatic carbocycles. The van der Waals surface area contributed by atoms with E-state index in [1.54, 1.807) is 0 Å². The second-order valence-corrected chi connectivity index (χ2v) is 14.4. The monoisotopic (exact) mass is 741 g/mol. The van der Waals surface area contributed by atoms with Crippen LogP contribution in [0, 0.1) is 0 Å². The van der Waals surface area contributed by atoms with Crippen LogP contribution in [0.4, 0.5) is 0 Å². The molecule has 0 spiro atoms. The molecule has 0 bridgehead atoms. The Balaban J connectivity index is 2.37. The minimum atomic E-state index is -1.59. The maximum absolute atomic E-state index is 12.7. The summed E-state index contributed by atoms with van der Waals surface area (Å²) >= 11 is 0. The predicted octanol–water partition coefficient (Wildman–Crippen LogP) is 8.16. The number of allylic oxidation sites excluding steroid dienone is 4. The first kappa shape index (κ1) is 48.2. The normalized spacial score (nSPS) is 21.2. The summed E-state index contributed by atoms with van der Waals surface area (Å²) < 4.78 is 22.1. The average molecular weight is 741 g/mol. The Morgan fingerprint density at radius 1 is 0.596 bits per heavy atom. The SMILES string of the molecule is CCC/C=C\C/C=C\CCCCCCCC(=O)OC(COC(=O)CCCCCCCCCCCCCCCC)COC1OC(CO)C(O)C(O)C1O. The van der Waals surface area contributed by atoms with Crippen molar-refractivity contribution in [2.75, 3.05) is 19.8 Å². The highest BCUT2D eigenvalue weighted by atomic mass is 16.7. The Labute approximate surface area is 315 Å². The molecule has 1 aliphatic heterocycles. The molecule has 1 heterocycles. The smallest absolute Gasteiger partial charge is 0.306 e. The van der Waals surface area contributed by atoms with Gasteiger partial charge in [-0.2, -0.15) is 0 Å². The zero-order valence-corrected chi connectivity index (χ0v) is 32.8. The van der Waals surface area contributed by atoms with Gasteiger partial charge in [-0.25, -0.2) is 0 Å². The van der Waals surface area contributed by atoms with Gasteiger partial charge >= 0.3 is 11.9 Å². The number of aliphatic hydroxyl groups is 4. The Kier molecular flexibility index (Phi) is 31.3. The van der Waals surface area contributed by atoms with E-state index in [4.69, 9.17) is 18.9 Å². The largest absolute Gasteiger partial charge is 0.462 e. The van der Waals surface area contributed by atoms with Crippen LogP contribution in [0.15, 0.2) is 24.3 Å². The van der Waals surface area contributed by atoms with Crippen molar-refractivity contribution in [3.8, 4) is 0 Å². The lowest BCUT2D eigenvalue weighted by molar-refractivity contribution is -0.305. The molecule has 4 N–H and O–H groups in total. The number of carbonyl (C=O) groups is 2. The molecule has 0 aromatic carbocycles. The number of hydrogen-bond donors (Lipinski definition) is 4. The van der Waals surface area contributed by atoms with Gasteiger partial charge in [0.15, 0.2) is 12.4 Å². The van der Waals surface area contributed by atoms with E-state index in [2.05, 4.69) is 38.2 Å². The van der Waals surface area contributed by atoms with Crippen molar-refractivity contribution in [3.63, 3.8) is 0 Å². The molecule has 304 valence electrons. The van der Waals surface area contributed by atoms with Crippen LogP contribution in [0.5, 0.6) is 0 Å². The van der Waals surface area contributed by atoms with Gasteiger partial charge in [0.2, 0.25) is 0 Å². The van der Waals surface area contributed by atoms with Crippen LogP contribution in [0.3, 0.4) is 0 Å². The van der Waals surface area contributed by atoms with Gasteiger partial charge in [-0.1, -0.05) is 147 Å². The van der Waals surface area contributed by atoms with Crippen molar-refractivity contribution in [2.45, 2.75) is 211 Å². The first-order chi connectivity index (χ1) is 25.3. The van der Waals surface area contributed by atoms with Crippen molar-refractivity contribution < 1.29 is 49.0 Å². The van der Waals surface area contributed by atoms with Crippen molar-refractivity contribution in [2.24, 2.45) is 0 Å². The highest BCUT2D eigenvalue weighted by Gasteiger charge is 2.44. The van der Waals surface area contributed by atoms with E-state index >= 15 is 0 Å². The van der Waals surface area contributed by atoms with E-state index in [0.29, 0.717) is 6.42 Å². The van der Waals surface area contributed by atoms with Gasteiger partial charge in [-0.05, 0) is 38.5 Å². The molecule has 1 aliphatic rings. The van der Waals surface area contributed by atoms with Crippen molar-refractivity contribution in [1.82, 2.24) is 0 Å². The third kappa shape index (κ3) is 25.2. The standard InChI is InChI=1S/C42H76O10/c1-3-5-7-9-11-13-15-17-19-20-22-24-26-28-30-37(44)49-33-35(34-50-42-41(48)40(47)39(46)36(32-43)52-42)51-38(45)31-29-27-25-23-21-18-16-14-12-10-8-6-4-2/h8,10,14,16,35-36,39-43,46-48H,3-7,9,11-13,15,17-34H2,1-2H3/b10-8-,16-14-. The van der Waals surface area contributed by atoms with Gasteiger partial charge in [0, 0.05) is 12.8 Å². The lowest BCUT2D eigenvalue weighted by Gasteiger charge is -2.39. The predicted molar refractivity (Wildman–Crippen MR) is 206 cm³/mol. The molecular weight excluding hydrogens is 664 g/mol. The Morgan fingerprint density at radius 2 is 1.12 bits per heavy atom. The Morgan fingerprint density at radius 3 is 1.67 bits per heavy atom. The van der Waals surface area contributed by atoms with E-state index in [1.807, 2.05) is 0 Å². The molecule has 6 unspecified atom stereocenters. The van der Waals surface area contributed by atoms with E-state index in [-0.39, 0.29) is 32.0 Å². The van der Waals surface area contributed by atoms with Crippen LogP contribution in [0.2, 0.25) is 0 Å². The molecule has 0 aromatic rings. The zero-order valence-electron chi connectivity index (χ0n) is 32.8. The topological polar surface area (TPSA) is 152 Å². The number of rotatable bonds is 34. The molecule has 1 rings (SSSR count). The maximum atomic E-state index is 12.7.